The summed E-state index contributed by atoms with van der Waals surface area (Å²) >= 11 is 1.21. The lowest BCUT2D eigenvalue weighted by Gasteiger charge is -1.94. The molecule has 0 aliphatic carbocycles. The van der Waals surface area contributed by atoms with Gasteiger partial charge in [-0.05, 0) is 6.07 Å². The highest BCUT2D eigenvalue weighted by Crippen LogP contribution is 2.37. The molecule has 0 saturated heterocycles. The van der Waals surface area contributed by atoms with Gasteiger partial charge in [0.15, 0.2) is 0 Å². The van der Waals surface area contributed by atoms with Gasteiger partial charge in [-0.25, -0.2) is 13.1 Å². The van der Waals surface area contributed by atoms with Gasteiger partial charge in [-0.2, -0.15) is 0 Å². The van der Waals surface area contributed by atoms with Crippen molar-refractivity contribution in [2.45, 2.75) is 4.90 Å². The largest absolute Gasteiger partial charge is 0.276 e. The number of thiophene rings is 1. The van der Waals surface area contributed by atoms with E-state index in [9.17, 15) is 13.2 Å². The minimum absolute atomic E-state index is 0.133. The van der Waals surface area contributed by atoms with Crippen molar-refractivity contribution in [1.82, 2.24) is 4.72 Å². The van der Waals surface area contributed by atoms with E-state index in [-0.39, 0.29) is 9.77 Å². The van der Waals surface area contributed by atoms with Crippen LogP contribution in [0.2, 0.25) is 0 Å². The number of hydrogen-bond donors (Lipinski definition) is 1. The normalized spacial score (nSPS) is 17.7. The number of rotatable bonds is 0. The van der Waals surface area contributed by atoms with Crippen LogP contribution in [0.5, 0.6) is 0 Å². The fourth-order valence-electron chi connectivity index (χ4n) is 1.66. The third-order valence-electron chi connectivity index (χ3n) is 2.25. The Morgan fingerprint density at radius 1 is 1.20 bits per heavy atom. The van der Waals surface area contributed by atoms with Crippen LogP contribution in [0.15, 0.2) is 29.2 Å². The first-order chi connectivity index (χ1) is 7.09. The summed E-state index contributed by atoms with van der Waals surface area (Å²) in [6.07, 6.45) is 0. The monoisotopic (exact) mass is 239 g/mol. The average molecular weight is 239 g/mol. The SMILES string of the molecule is O=C1NS(=O)(=O)c2c1sc1ccccc21. The third-order valence-corrected chi connectivity index (χ3v) is 4.97. The zero-order valence-electron chi connectivity index (χ0n) is 7.35. The van der Waals surface area contributed by atoms with Crippen molar-refractivity contribution in [1.29, 1.82) is 0 Å². The molecule has 1 N–H and O–H groups in total. The lowest BCUT2D eigenvalue weighted by molar-refractivity contribution is 0.0989. The van der Waals surface area contributed by atoms with Gasteiger partial charge in [-0.15, -0.1) is 11.3 Å². The first-order valence-electron chi connectivity index (χ1n) is 4.18. The van der Waals surface area contributed by atoms with E-state index in [0.717, 1.165) is 4.70 Å². The fourth-order valence-corrected chi connectivity index (χ4v) is 4.49. The molecular formula is C9H5NO3S2. The molecule has 3 rings (SSSR count). The Balaban J connectivity index is 2.56. The maximum atomic E-state index is 11.6. The molecule has 0 atom stereocenters. The lowest BCUT2D eigenvalue weighted by atomic mass is 10.2. The van der Waals surface area contributed by atoms with Crippen molar-refractivity contribution in [2.75, 3.05) is 0 Å². The van der Waals surface area contributed by atoms with Gasteiger partial charge in [-0.3, -0.25) is 4.79 Å². The van der Waals surface area contributed by atoms with Gasteiger partial charge < -0.3 is 0 Å². The second-order valence-electron chi connectivity index (χ2n) is 3.19. The van der Waals surface area contributed by atoms with Crippen LogP contribution in [0, 0.1) is 0 Å². The third kappa shape index (κ3) is 1.06. The maximum absolute atomic E-state index is 11.6. The topological polar surface area (TPSA) is 63.2 Å². The predicted molar refractivity (Wildman–Crippen MR) is 56.5 cm³/mol. The molecule has 0 radical (unpaired) electrons. The molecule has 2 aromatic rings. The number of amides is 1. The molecule has 1 aromatic heterocycles. The van der Waals surface area contributed by atoms with Gasteiger partial charge in [0.25, 0.3) is 15.9 Å². The van der Waals surface area contributed by atoms with E-state index in [1.807, 2.05) is 10.8 Å². The quantitative estimate of drug-likeness (QED) is 0.754. The summed E-state index contributed by atoms with van der Waals surface area (Å²) in [7, 11) is -3.63. The first kappa shape index (κ1) is 8.87. The van der Waals surface area contributed by atoms with Crippen LogP contribution in [-0.4, -0.2) is 14.3 Å². The second-order valence-corrected chi connectivity index (χ2v) is 5.86. The van der Waals surface area contributed by atoms with Crippen molar-refractivity contribution in [3.63, 3.8) is 0 Å². The Morgan fingerprint density at radius 3 is 2.73 bits per heavy atom. The number of sulfonamides is 1. The van der Waals surface area contributed by atoms with Crippen LogP contribution in [0.4, 0.5) is 0 Å². The van der Waals surface area contributed by atoms with E-state index in [2.05, 4.69) is 0 Å². The van der Waals surface area contributed by atoms with Crippen molar-refractivity contribution in [2.24, 2.45) is 0 Å². The van der Waals surface area contributed by atoms with Crippen LogP contribution >= 0.6 is 11.3 Å². The minimum atomic E-state index is -3.63. The summed E-state index contributed by atoms with van der Waals surface area (Å²) in [6.45, 7) is 0. The molecule has 6 heteroatoms. The molecule has 1 aliphatic rings. The molecule has 1 aromatic carbocycles. The van der Waals surface area contributed by atoms with E-state index >= 15 is 0 Å². The highest BCUT2D eigenvalue weighted by molar-refractivity contribution is 7.91. The Morgan fingerprint density at radius 2 is 1.93 bits per heavy atom. The van der Waals surface area contributed by atoms with E-state index in [1.54, 1.807) is 18.2 Å². The summed E-state index contributed by atoms with van der Waals surface area (Å²) in [4.78, 5) is 11.8. The van der Waals surface area contributed by atoms with Gasteiger partial charge in [0, 0.05) is 10.1 Å². The molecule has 0 unspecified atom stereocenters. The molecule has 1 aliphatic heterocycles. The van der Waals surface area contributed by atoms with E-state index in [0.29, 0.717) is 5.39 Å². The van der Waals surface area contributed by atoms with Crippen LogP contribution in [-0.2, 0) is 10.0 Å². The van der Waals surface area contributed by atoms with E-state index in [4.69, 9.17) is 0 Å². The second kappa shape index (κ2) is 2.59. The zero-order valence-corrected chi connectivity index (χ0v) is 8.98. The molecule has 0 bridgehead atoms. The van der Waals surface area contributed by atoms with Crippen molar-refractivity contribution < 1.29 is 13.2 Å². The summed E-state index contributed by atoms with van der Waals surface area (Å²) < 4.78 is 26.0. The number of nitrogens with one attached hydrogen (secondary N) is 1. The van der Waals surface area contributed by atoms with E-state index in [1.165, 1.54) is 11.3 Å². The maximum Gasteiger partial charge on any atom is 0.276 e. The lowest BCUT2D eigenvalue weighted by Crippen LogP contribution is -2.21. The van der Waals surface area contributed by atoms with E-state index < -0.39 is 15.9 Å². The molecule has 1 amide bonds. The number of carbonyl (C=O) groups excluding carboxylic acids is 1. The van der Waals surface area contributed by atoms with Crippen molar-refractivity contribution in [3.8, 4) is 0 Å². The van der Waals surface area contributed by atoms with Gasteiger partial charge in [0.05, 0.1) is 0 Å². The Bertz CT molecular complexity index is 684. The number of benzene rings is 1. The van der Waals surface area contributed by atoms with Crippen LogP contribution in [0.3, 0.4) is 0 Å². The summed E-state index contributed by atoms with van der Waals surface area (Å²) in [5.74, 6) is -0.522. The first-order valence-corrected chi connectivity index (χ1v) is 6.48. The average Bonchev–Trinajstić information content (AvgIpc) is 2.64. The number of carbonyl (C=O) groups is 1. The summed E-state index contributed by atoms with van der Waals surface area (Å²) in [6, 6.07) is 7.09. The zero-order chi connectivity index (χ0) is 10.6. The highest BCUT2D eigenvalue weighted by Gasteiger charge is 2.36. The molecule has 0 saturated carbocycles. The smallest absolute Gasteiger partial charge is 0.267 e. The molecule has 4 nitrogen and oxygen atoms in total. The van der Waals surface area contributed by atoms with Crippen molar-refractivity contribution in [3.05, 3.63) is 29.1 Å². The molecular weight excluding hydrogens is 234 g/mol. The minimum Gasteiger partial charge on any atom is -0.267 e. The molecule has 76 valence electrons. The standard InChI is InChI=1S/C9H5NO3S2/c11-9-7-8(15(12,13)10-9)5-3-1-2-4-6(5)14-7/h1-4H,(H,10,11). The van der Waals surface area contributed by atoms with Gasteiger partial charge in [0.1, 0.15) is 9.77 Å². The number of fused-ring (bicyclic) bond motifs is 3. The van der Waals surface area contributed by atoms with Crippen LogP contribution in [0.1, 0.15) is 9.67 Å². The fraction of sp³-hybridized carbons (Fsp3) is 0. The van der Waals surface area contributed by atoms with Gasteiger partial charge >= 0.3 is 0 Å². The number of hydrogen-bond acceptors (Lipinski definition) is 4. The van der Waals surface area contributed by atoms with Crippen LogP contribution < -0.4 is 4.72 Å². The molecule has 0 spiro atoms. The van der Waals surface area contributed by atoms with Crippen LogP contribution in [0.25, 0.3) is 10.1 Å². The molecule has 0 fully saturated rings. The molecule has 15 heavy (non-hydrogen) atoms. The van der Waals surface area contributed by atoms with Gasteiger partial charge in [0.2, 0.25) is 0 Å². The van der Waals surface area contributed by atoms with Crippen molar-refractivity contribution >= 4 is 37.4 Å². The van der Waals surface area contributed by atoms with Gasteiger partial charge in [-0.1, -0.05) is 18.2 Å². The Labute approximate surface area is 89.6 Å². The summed E-state index contributed by atoms with van der Waals surface area (Å²) in [5, 5.41) is 0.621. The Kier molecular flexibility index (Phi) is 1.53. The summed E-state index contributed by atoms with van der Waals surface area (Å²) in [5.41, 5.74) is 0. The Hall–Kier alpha value is -1.40. The highest BCUT2D eigenvalue weighted by atomic mass is 32.2. The predicted octanol–water partition coefficient (Wildman–Crippen LogP) is 1.33. The molecule has 2 heterocycles.